The molecule has 0 spiro atoms. The molecule has 0 aromatic heterocycles. The summed E-state index contributed by atoms with van der Waals surface area (Å²) in [6.07, 6.45) is 3.45. The van der Waals surface area contributed by atoms with Gasteiger partial charge in [0, 0.05) is 18.6 Å². The number of nitrogens with one attached hydrogen (secondary N) is 2. The van der Waals surface area contributed by atoms with Crippen LogP contribution in [0.5, 0.6) is 0 Å². The van der Waals surface area contributed by atoms with Crippen molar-refractivity contribution in [3.8, 4) is 0 Å². The second-order valence-corrected chi connectivity index (χ2v) is 4.79. The van der Waals surface area contributed by atoms with Crippen molar-refractivity contribution in [2.45, 2.75) is 58.1 Å². The fraction of sp³-hybridized carbons (Fsp3) is 0.923. The zero-order valence-electron chi connectivity index (χ0n) is 11.3. The van der Waals surface area contributed by atoms with E-state index in [2.05, 4.69) is 31.4 Å². The van der Waals surface area contributed by atoms with Crippen LogP contribution in [0.4, 0.5) is 0 Å². The van der Waals surface area contributed by atoms with Gasteiger partial charge in [0.1, 0.15) is 0 Å². The molecule has 1 atom stereocenters. The van der Waals surface area contributed by atoms with E-state index in [9.17, 15) is 4.79 Å². The molecule has 0 aromatic carbocycles. The van der Waals surface area contributed by atoms with Gasteiger partial charge in [-0.05, 0) is 19.3 Å². The first-order valence-electron chi connectivity index (χ1n) is 6.79. The molecule has 17 heavy (non-hydrogen) atoms. The number of hydrogen-bond acceptors (Lipinski definition) is 3. The van der Waals surface area contributed by atoms with Gasteiger partial charge in [0.2, 0.25) is 5.91 Å². The zero-order valence-corrected chi connectivity index (χ0v) is 11.3. The number of morpholine rings is 1. The van der Waals surface area contributed by atoms with Gasteiger partial charge in [0.25, 0.3) is 0 Å². The average Bonchev–Trinajstić information content (AvgIpc) is 2.37. The Morgan fingerprint density at radius 3 is 2.47 bits per heavy atom. The standard InChI is InChI=1S/C13H26N2O2/c1-4-13(5-2,6-3)15-12(16)9-11-10-14-7-8-17-11/h11,14H,4-10H2,1-3H3,(H,15,16). The Morgan fingerprint density at radius 1 is 1.35 bits per heavy atom. The molecular formula is C13H26N2O2. The van der Waals surface area contributed by atoms with E-state index < -0.39 is 0 Å². The molecule has 0 bridgehead atoms. The second kappa shape index (κ2) is 6.97. The monoisotopic (exact) mass is 242 g/mol. The first-order valence-corrected chi connectivity index (χ1v) is 6.79. The van der Waals surface area contributed by atoms with E-state index in [-0.39, 0.29) is 17.6 Å². The van der Waals surface area contributed by atoms with Crippen molar-refractivity contribution < 1.29 is 9.53 Å². The van der Waals surface area contributed by atoms with E-state index in [0.717, 1.165) is 32.4 Å². The molecule has 1 unspecified atom stereocenters. The number of rotatable bonds is 6. The second-order valence-electron chi connectivity index (χ2n) is 4.79. The first kappa shape index (κ1) is 14.5. The van der Waals surface area contributed by atoms with E-state index in [0.29, 0.717) is 13.0 Å². The molecule has 0 aliphatic carbocycles. The molecule has 100 valence electrons. The Labute approximate surface area is 104 Å². The highest BCUT2D eigenvalue weighted by Crippen LogP contribution is 2.19. The summed E-state index contributed by atoms with van der Waals surface area (Å²) in [5.74, 6) is 0.115. The molecule has 1 fully saturated rings. The number of hydrogen-bond donors (Lipinski definition) is 2. The lowest BCUT2D eigenvalue weighted by Crippen LogP contribution is -2.49. The average molecular weight is 242 g/mol. The van der Waals surface area contributed by atoms with Crippen molar-refractivity contribution in [2.24, 2.45) is 0 Å². The summed E-state index contributed by atoms with van der Waals surface area (Å²) in [7, 11) is 0. The molecule has 1 aliphatic rings. The highest BCUT2D eigenvalue weighted by Gasteiger charge is 2.27. The molecule has 0 saturated carbocycles. The fourth-order valence-corrected chi connectivity index (χ4v) is 2.32. The lowest BCUT2D eigenvalue weighted by Gasteiger charge is -2.33. The lowest BCUT2D eigenvalue weighted by atomic mass is 9.89. The lowest BCUT2D eigenvalue weighted by molar-refractivity contribution is -0.126. The highest BCUT2D eigenvalue weighted by atomic mass is 16.5. The quantitative estimate of drug-likeness (QED) is 0.741. The first-order chi connectivity index (χ1) is 8.15. The molecule has 0 radical (unpaired) electrons. The summed E-state index contributed by atoms with van der Waals surface area (Å²) in [5, 5.41) is 6.42. The van der Waals surface area contributed by atoms with E-state index in [1.165, 1.54) is 0 Å². The van der Waals surface area contributed by atoms with Gasteiger partial charge in [-0.2, -0.15) is 0 Å². The van der Waals surface area contributed by atoms with Gasteiger partial charge in [-0.15, -0.1) is 0 Å². The molecule has 1 rings (SSSR count). The van der Waals surface area contributed by atoms with Crippen LogP contribution >= 0.6 is 0 Å². The van der Waals surface area contributed by atoms with Crippen LogP contribution in [0, 0.1) is 0 Å². The van der Waals surface area contributed by atoms with Crippen LogP contribution in [0.25, 0.3) is 0 Å². The van der Waals surface area contributed by atoms with Crippen LogP contribution in [0.3, 0.4) is 0 Å². The van der Waals surface area contributed by atoms with E-state index in [1.54, 1.807) is 0 Å². The largest absolute Gasteiger partial charge is 0.375 e. The van der Waals surface area contributed by atoms with Crippen LogP contribution in [-0.2, 0) is 9.53 Å². The molecule has 0 aromatic rings. The van der Waals surface area contributed by atoms with Crippen LogP contribution in [0.2, 0.25) is 0 Å². The fourth-order valence-electron chi connectivity index (χ4n) is 2.32. The van der Waals surface area contributed by atoms with Crippen LogP contribution < -0.4 is 10.6 Å². The van der Waals surface area contributed by atoms with Gasteiger partial charge in [0.15, 0.2) is 0 Å². The summed E-state index contributed by atoms with van der Waals surface area (Å²) >= 11 is 0. The van der Waals surface area contributed by atoms with Gasteiger partial charge >= 0.3 is 0 Å². The van der Waals surface area contributed by atoms with Gasteiger partial charge in [-0.1, -0.05) is 20.8 Å². The van der Waals surface area contributed by atoms with Crippen molar-refractivity contribution in [3.05, 3.63) is 0 Å². The Hall–Kier alpha value is -0.610. The molecule has 1 saturated heterocycles. The van der Waals surface area contributed by atoms with E-state index in [4.69, 9.17) is 4.74 Å². The number of amides is 1. The molecule has 1 heterocycles. The maximum Gasteiger partial charge on any atom is 0.223 e. The SMILES string of the molecule is CCC(CC)(CC)NC(=O)CC1CNCCO1. The van der Waals surface area contributed by atoms with Crippen molar-refractivity contribution in [2.75, 3.05) is 19.7 Å². The van der Waals surface area contributed by atoms with Gasteiger partial charge in [-0.25, -0.2) is 0 Å². The molecule has 2 N–H and O–H groups in total. The molecule has 1 aliphatic heterocycles. The van der Waals surface area contributed by atoms with E-state index >= 15 is 0 Å². The molecular weight excluding hydrogens is 216 g/mol. The number of ether oxygens (including phenoxy) is 1. The third-order valence-corrected chi connectivity index (χ3v) is 3.85. The maximum absolute atomic E-state index is 12.0. The Morgan fingerprint density at radius 2 is 2.00 bits per heavy atom. The third kappa shape index (κ3) is 4.28. The normalized spacial score (nSPS) is 21.2. The topological polar surface area (TPSA) is 50.4 Å². The number of carbonyl (C=O) groups excluding carboxylic acids is 1. The maximum atomic E-state index is 12.0. The smallest absolute Gasteiger partial charge is 0.223 e. The summed E-state index contributed by atoms with van der Waals surface area (Å²) in [6.45, 7) is 8.77. The molecule has 4 heteroatoms. The van der Waals surface area contributed by atoms with Crippen molar-refractivity contribution in [1.82, 2.24) is 10.6 Å². The minimum absolute atomic E-state index is 0.0286. The van der Waals surface area contributed by atoms with E-state index in [1.807, 2.05) is 0 Å². The predicted molar refractivity (Wildman–Crippen MR) is 69.0 cm³/mol. The van der Waals surface area contributed by atoms with Gasteiger partial charge < -0.3 is 15.4 Å². The van der Waals surface area contributed by atoms with Crippen LogP contribution in [0.1, 0.15) is 46.5 Å². The molecule has 4 nitrogen and oxygen atoms in total. The minimum Gasteiger partial charge on any atom is -0.375 e. The Balaban J connectivity index is 2.41. The summed E-state index contributed by atoms with van der Waals surface area (Å²) < 4.78 is 5.54. The number of carbonyl (C=O) groups is 1. The predicted octanol–water partition coefficient (Wildman–Crippen LogP) is 1.45. The highest BCUT2D eigenvalue weighted by molar-refractivity contribution is 5.77. The Bertz CT molecular complexity index is 225. The molecule has 1 amide bonds. The minimum atomic E-state index is -0.0286. The summed E-state index contributed by atoms with van der Waals surface area (Å²) in [6, 6.07) is 0. The third-order valence-electron chi connectivity index (χ3n) is 3.85. The zero-order chi connectivity index (χ0) is 12.7. The van der Waals surface area contributed by atoms with Gasteiger partial charge in [0.05, 0.1) is 19.1 Å². The van der Waals surface area contributed by atoms with Crippen molar-refractivity contribution in [3.63, 3.8) is 0 Å². The Kier molecular flexibility index (Phi) is 5.92. The van der Waals surface area contributed by atoms with Gasteiger partial charge in [-0.3, -0.25) is 4.79 Å². The van der Waals surface area contributed by atoms with Crippen molar-refractivity contribution >= 4 is 5.91 Å². The van der Waals surface area contributed by atoms with Crippen LogP contribution in [-0.4, -0.2) is 37.2 Å². The summed E-state index contributed by atoms with van der Waals surface area (Å²) in [5.41, 5.74) is -0.0286. The van der Waals surface area contributed by atoms with Crippen molar-refractivity contribution in [1.29, 1.82) is 0 Å². The van der Waals surface area contributed by atoms with Crippen LogP contribution in [0.15, 0.2) is 0 Å². The summed E-state index contributed by atoms with van der Waals surface area (Å²) in [4.78, 5) is 12.0.